The normalized spacial score (nSPS) is 31.6. The maximum atomic E-state index is 12.6. The van der Waals surface area contributed by atoms with Gasteiger partial charge in [-0.1, -0.05) is 0 Å². The molecule has 0 spiro atoms. The van der Waals surface area contributed by atoms with E-state index in [0.717, 1.165) is 0 Å². The van der Waals surface area contributed by atoms with Crippen molar-refractivity contribution in [2.75, 3.05) is 13.1 Å². The van der Waals surface area contributed by atoms with E-state index in [0.29, 0.717) is 25.9 Å². The lowest BCUT2D eigenvalue weighted by molar-refractivity contribution is -0.184. The number of carbonyl (C=O) groups excluding carboxylic acids is 2. The van der Waals surface area contributed by atoms with Gasteiger partial charge in [0.25, 0.3) is 0 Å². The molecule has 7 heteroatoms. The van der Waals surface area contributed by atoms with Crippen LogP contribution < -0.4 is 5.73 Å². The minimum Gasteiger partial charge on any atom is -0.369 e. The number of rotatable bonds is 3. The van der Waals surface area contributed by atoms with Crippen molar-refractivity contribution in [3.63, 3.8) is 0 Å². The molecule has 0 bridgehead atoms. The first kappa shape index (κ1) is 15.1. The number of carbonyl (C=O) groups is 2. The lowest BCUT2D eigenvalue weighted by atomic mass is 9.81. The Hall–Kier alpha value is -1.27. The van der Waals surface area contributed by atoms with Crippen molar-refractivity contribution in [2.24, 2.45) is 23.5 Å². The van der Waals surface area contributed by atoms with Crippen molar-refractivity contribution < 1.29 is 22.8 Å². The monoisotopic (exact) mass is 292 g/mol. The summed E-state index contributed by atoms with van der Waals surface area (Å²) >= 11 is 0. The van der Waals surface area contributed by atoms with Crippen molar-refractivity contribution in [1.29, 1.82) is 0 Å². The van der Waals surface area contributed by atoms with E-state index in [-0.39, 0.29) is 31.1 Å². The molecule has 1 aliphatic heterocycles. The summed E-state index contributed by atoms with van der Waals surface area (Å²) in [6.07, 6.45) is -2.74. The van der Waals surface area contributed by atoms with Gasteiger partial charge in [-0.15, -0.1) is 0 Å². The van der Waals surface area contributed by atoms with Crippen LogP contribution in [0, 0.1) is 17.8 Å². The van der Waals surface area contributed by atoms with Crippen LogP contribution in [0.25, 0.3) is 0 Å². The second-order valence-electron chi connectivity index (χ2n) is 5.86. The molecular weight excluding hydrogens is 273 g/mol. The van der Waals surface area contributed by atoms with Crippen molar-refractivity contribution in [2.45, 2.75) is 38.3 Å². The number of amides is 2. The van der Waals surface area contributed by atoms with Crippen LogP contribution >= 0.6 is 0 Å². The van der Waals surface area contributed by atoms with E-state index in [2.05, 4.69) is 0 Å². The number of nitrogens with zero attached hydrogens (tertiary/aromatic N) is 1. The van der Waals surface area contributed by atoms with Gasteiger partial charge < -0.3 is 10.6 Å². The first-order chi connectivity index (χ1) is 9.27. The van der Waals surface area contributed by atoms with Gasteiger partial charge in [0.05, 0.1) is 11.8 Å². The Labute approximate surface area is 115 Å². The van der Waals surface area contributed by atoms with Gasteiger partial charge >= 0.3 is 6.18 Å². The molecular formula is C13H19F3N2O2. The van der Waals surface area contributed by atoms with Gasteiger partial charge in [-0.25, -0.2) is 0 Å². The molecule has 2 N–H and O–H groups in total. The molecule has 114 valence electrons. The molecule has 1 saturated carbocycles. The predicted octanol–water partition coefficient (Wildman–Crippen LogP) is 1.69. The molecule has 2 amide bonds. The van der Waals surface area contributed by atoms with Gasteiger partial charge in [0, 0.05) is 19.5 Å². The summed E-state index contributed by atoms with van der Waals surface area (Å²) in [5, 5.41) is 0. The van der Waals surface area contributed by atoms with Gasteiger partial charge in [0.2, 0.25) is 11.8 Å². The molecule has 2 aliphatic rings. The van der Waals surface area contributed by atoms with Crippen LogP contribution in [-0.4, -0.2) is 36.0 Å². The first-order valence-electron chi connectivity index (χ1n) is 6.91. The lowest BCUT2D eigenvalue weighted by Gasteiger charge is -2.32. The van der Waals surface area contributed by atoms with E-state index < -0.39 is 23.9 Å². The first-order valence-corrected chi connectivity index (χ1v) is 6.91. The Morgan fingerprint density at radius 3 is 2.30 bits per heavy atom. The summed E-state index contributed by atoms with van der Waals surface area (Å²) in [5.41, 5.74) is 5.18. The zero-order chi connectivity index (χ0) is 14.9. The highest BCUT2D eigenvalue weighted by atomic mass is 19.4. The molecule has 4 nitrogen and oxygen atoms in total. The number of likely N-dealkylation sites (tertiary alicyclic amines) is 1. The zero-order valence-corrected chi connectivity index (χ0v) is 11.2. The van der Waals surface area contributed by atoms with E-state index in [4.69, 9.17) is 5.73 Å². The molecule has 0 aromatic rings. The van der Waals surface area contributed by atoms with Crippen molar-refractivity contribution in [3.8, 4) is 0 Å². The zero-order valence-electron chi connectivity index (χ0n) is 11.2. The topological polar surface area (TPSA) is 63.4 Å². The lowest BCUT2D eigenvalue weighted by Crippen LogP contribution is -2.35. The Balaban J connectivity index is 1.81. The smallest absolute Gasteiger partial charge is 0.369 e. The summed E-state index contributed by atoms with van der Waals surface area (Å²) in [6, 6.07) is 0. The molecule has 0 radical (unpaired) electrons. The number of alkyl halides is 3. The predicted molar refractivity (Wildman–Crippen MR) is 65.4 cm³/mol. The van der Waals surface area contributed by atoms with Crippen molar-refractivity contribution >= 4 is 11.8 Å². The Kier molecular flexibility index (Phi) is 4.25. The molecule has 1 unspecified atom stereocenters. The summed E-state index contributed by atoms with van der Waals surface area (Å²) in [6.45, 7) is 0.764. The Morgan fingerprint density at radius 2 is 1.85 bits per heavy atom. The van der Waals surface area contributed by atoms with E-state index in [1.807, 2.05) is 0 Å². The van der Waals surface area contributed by atoms with E-state index in [9.17, 15) is 22.8 Å². The van der Waals surface area contributed by atoms with Gasteiger partial charge in [0.1, 0.15) is 0 Å². The average Bonchev–Trinajstić information content (AvgIpc) is 2.71. The van der Waals surface area contributed by atoms with Gasteiger partial charge in [-0.05, 0) is 31.6 Å². The minimum atomic E-state index is -4.11. The van der Waals surface area contributed by atoms with Crippen LogP contribution in [-0.2, 0) is 9.59 Å². The fourth-order valence-corrected chi connectivity index (χ4v) is 3.12. The molecule has 1 heterocycles. The number of hydrogen-bond acceptors (Lipinski definition) is 2. The standard InChI is InChI=1S/C13H19F3N2O2/c14-13(15,16)10-3-1-8(2-4-10)6-18-7-9(12(17)20)5-11(18)19/h8-10H,1-7H2,(H2,17,20). The third-order valence-electron chi connectivity index (χ3n) is 4.41. The molecule has 2 rings (SSSR count). The van der Waals surface area contributed by atoms with Crippen LogP contribution in [0.5, 0.6) is 0 Å². The average molecular weight is 292 g/mol. The molecule has 1 aliphatic carbocycles. The van der Waals surface area contributed by atoms with Crippen LogP contribution in [0.2, 0.25) is 0 Å². The maximum Gasteiger partial charge on any atom is 0.391 e. The van der Waals surface area contributed by atoms with Crippen molar-refractivity contribution in [1.82, 2.24) is 4.90 Å². The second kappa shape index (κ2) is 5.61. The number of nitrogens with two attached hydrogens (primary N) is 1. The molecule has 2 fully saturated rings. The highest BCUT2D eigenvalue weighted by Crippen LogP contribution is 2.40. The summed E-state index contributed by atoms with van der Waals surface area (Å²) in [5.74, 6) is -2.15. The minimum absolute atomic E-state index is 0.101. The number of halogens is 3. The van der Waals surface area contributed by atoms with E-state index >= 15 is 0 Å². The van der Waals surface area contributed by atoms with Crippen molar-refractivity contribution in [3.05, 3.63) is 0 Å². The highest BCUT2D eigenvalue weighted by molar-refractivity contribution is 5.88. The quantitative estimate of drug-likeness (QED) is 0.860. The molecule has 1 atom stereocenters. The maximum absolute atomic E-state index is 12.6. The van der Waals surface area contributed by atoms with E-state index in [1.54, 1.807) is 4.90 Å². The molecule has 0 aromatic heterocycles. The summed E-state index contributed by atoms with van der Waals surface area (Å²) < 4.78 is 37.7. The van der Waals surface area contributed by atoms with Gasteiger partial charge in [-0.3, -0.25) is 9.59 Å². The molecule has 20 heavy (non-hydrogen) atoms. The van der Waals surface area contributed by atoms with Crippen LogP contribution in [0.4, 0.5) is 13.2 Å². The fraction of sp³-hybridized carbons (Fsp3) is 0.846. The SMILES string of the molecule is NC(=O)C1CC(=O)N(CC2CCC(C(F)(F)F)CC2)C1. The summed E-state index contributed by atoms with van der Waals surface area (Å²) in [4.78, 5) is 24.4. The molecule has 1 saturated heterocycles. The van der Waals surface area contributed by atoms with Crippen LogP contribution in [0.15, 0.2) is 0 Å². The Morgan fingerprint density at radius 1 is 1.25 bits per heavy atom. The van der Waals surface area contributed by atoms with Gasteiger partial charge in [-0.2, -0.15) is 13.2 Å². The highest BCUT2D eigenvalue weighted by Gasteiger charge is 2.42. The third kappa shape index (κ3) is 3.43. The second-order valence-corrected chi connectivity index (χ2v) is 5.86. The summed E-state index contributed by atoms with van der Waals surface area (Å²) in [7, 11) is 0. The van der Waals surface area contributed by atoms with Crippen LogP contribution in [0.1, 0.15) is 32.1 Å². The third-order valence-corrected chi connectivity index (χ3v) is 4.41. The largest absolute Gasteiger partial charge is 0.391 e. The number of primary amides is 1. The molecule has 0 aromatic carbocycles. The Bertz CT molecular complexity index is 390. The van der Waals surface area contributed by atoms with Crippen LogP contribution in [0.3, 0.4) is 0 Å². The number of hydrogen-bond donors (Lipinski definition) is 1. The van der Waals surface area contributed by atoms with E-state index in [1.165, 1.54) is 0 Å². The van der Waals surface area contributed by atoms with Gasteiger partial charge in [0.15, 0.2) is 0 Å². The fourth-order valence-electron chi connectivity index (χ4n) is 3.12.